The van der Waals surface area contributed by atoms with Crippen LogP contribution in [0.4, 0.5) is 5.82 Å². The topological polar surface area (TPSA) is 68.0 Å². The predicted octanol–water partition coefficient (Wildman–Crippen LogP) is 2.56. The largest absolute Gasteiger partial charge is 0.328 e. The lowest BCUT2D eigenvalue weighted by Crippen LogP contribution is -2.40. The van der Waals surface area contributed by atoms with Gasteiger partial charge in [0.15, 0.2) is 0 Å². The summed E-state index contributed by atoms with van der Waals surface area (Å²) in [7, 11) is 0. The predicted molar refractivity (Wildman–Crippen MR) is 81.4 cm³/mol. The Bertz CT molecular complexity index is 542. The van der Waals surface area contributed by atoms with E-state index in [9.17, 15) is 4.79 Å². The van der Waals surface area contributed by atoms with E-state index in [1.807, 2.05) is 18.2 Å². The van der Waals surface area contributed by atoms with Gasteiger partial charge in [0.2, 0.25) is 5.91 Å². The first-order valence-electron chi connectivity index (χ1n) is 8.13. The molecule has 4 rings (SSSR count). The number of hydrogen-bond acceptors (Lipinski definition) is 3. The minimum atomic E-state index is -0.157. The first kappa shape index (κ1) is 13.3. The van der Waals surface area contributed by atoms with Gasteiger partial charge in [-0.05, 0) is 68.4 Å². The molecule has 0 saturated heterocycles. The Labute approximate surface area is 125 Å². The minimum absolute atomic E-state index is 0.157. The molecule has 1 aromatic heterocycles. The van der Waals surface area contributed by atoms with Gasteiger partial charge in [-0.25, -0.2) is 4.98 Å². The Morgan fingerprint density at radius 2 is 2.00 bits per heavy atom. The van der Waals surface area contributed by atoms with E-state index in [0.29, 0.717) is 29.6 Å². The number of hydrogen-bond donors (Lipinski definition) is 2. The van der Waals surface area contributed by atoms with E-state index in [1.54, 1.807) is 6.20 Å². The van der Waals surface area contributed by atoms with E-state index in [4.69, 9.17) is 5.73 Å². The SMILES string of the molecule is NC1CC2CC3CC(C(=O)Nc4ccccn4)(C2)CC3C1. The molecule has 5 atom stereocenters. The fraction of sp³-hybridized carbons (Fsp3) is 0.647. The summed E-state index contributed by atoms with van der Waals surface area (Å²) in [5, 5.41) is 3.05. The molecule has 1 amide bonds. The third-order valence-electron chi connectivity index (χ3n) is 5.92. The molecule has 3 aliphatic carbocycles. The van der Waals surface area contributed by atoms with Crippen LogP contribution in [0.15, 0.2) is 24.4 Å². The molecule has 21 heavy (non-hydrogen) atoms. The smallest absolute Gasteiger partial charge is 0.231 e. The van der Waals surface area contributed by atoms with Gasteiger partial charge in [0, 0.05) is 12.2 Å². The highest BCUT2D eigenvalue weighted by molar-refractivity contribution is 5.95. The van der Waals surface area contributed by atoms with Crippen LogP contribution in [-0.2, 0) is 4.79 Å². The van der Waals surface area contributed by atoms with Crippen LogP contribution in [0.2, 0.25) is 0 Å². The molecule has 1 heterocycles. The van der Waals surface area contributed by atoms with Crippen LogP contribution < -0.4 is 11.1 Å². The lowest BCUT2D eigenvalue weighted by atomic mass is 9.69. The van der Waals surface area contributed by atoms with E-state index >= 15 is 0 Å². The maximum Gasteiger partial charge on any atom is 0.231 e. The number of rotatable bonds is 2. The molecule has 4 nitrogen and oxygen atoms in total. The second-order valence-electron chi connectivity index (χ2n) is 7.42. The van der Waals surface area contributed by atoms with E-state index in [1.165, 1.54) is 6.42 Å². The summed E-state index contributed by atoms with van der Waals surface area (Å²) in [6.45, 7) is 0. The number of aromatic nitrogens is 1. The van der Waals surface area contributed by atoms with Gasteiger partial charge in [0.1, 0.15) is 5.82 Å². The van der Waals surface area contributed by atoms with E-state index in [-0.39, 0.29) is 11.3 Å². The molecule has 3 bridgehead atoms. The summed E-state index contributed by atoms with van der Waals surface area (Å²) < 4.78 is 0. The van der Waals surface area contributed by atoms with Gasteiger partial charge in [0.25, 0.3) is 0 Å². The molecule has 0 radical (unpaired) electrons. The summed E-state index contributed by atoms with van der Waals surface area (Å²) in [6.07, 6.45) is 8.33. The van der Waals surface area contributed by atoms with Crippen LogP contribution in [0, 0.1) is 23.2 Å². The van der Waals surface area contributed by atoms with E-state index in [2.05, 4.69) is 10.3 Å². The second-order valence-corrected chi connectivity index (χ2v) is 7.42. The monoisotopic (exact) mass is 285 g/mol. The summed E-state index contributed by atoms with van der Waals surface area (Å²) >= 11 is 0. The number of pyridine rings is 1. The molecule has 3 saturated carbocycles. The van der Waals surface area contributed by atoms with Crippen LogP contribution in [0.3, 0.4) is 0 Å². The molecule has 5 unspecified atom stereocenters. The molecule has 0 aromatic carbocycles. The number of nitrogens with two attached hydrogens (primary N) is 1. The molecule has 3 N–H and O–H groups in total. The number of anilines is 1. The average Bonchev–Trinajstić information content (AvgIpc) is 2.65. The summed E-state index contributed by atoms with van der Waals surface area (Å²) in [5.41, 5.74) is 6.08. The lowest BCUT2D eigenvalue weighted by molar-refractivity contribution is -0.127. The first-order valence-corrected chi connectivity index (χ1v) is 8.13. The van der Waals surface area contributed by atoms with Crippen LogP contribution in [0.5, 0.6) is 0 Å². The second kappa shape index (κ2) is 4.80. The molecule has 3 aliphatic rings. The highest BCUT2D eigenvalue weighted by atomic mass is 16.2. The highest BCUT2D eigenvalue weighted by Gasteiger charge is 2.56. The summed E-state index contributed by atoms with van der Waals surface area (Å²) in [4.78, 5) is 17.1. The molecule has 3 fully saturated rings. The van der Waals surface area contributed by atoms with Crippen molar-refractivity contribution in [1.29, 1.82) is 0 Å². The zero-order chi connectivity index (χ0) is 14.4. The quantitative estimate of drug-likeness (QED) is 0.877. The molecule has 0 spiro atoms. The van der Waals surface area contributed by atoms with Gasteiger partial charge >= 0.3 is 0 Å². The van der Waals surface area contributed by atoms with Gasteiger partial charge in [-0.3, -0.25) is 4.79 Å². The number of nitrogens with one attached hydrogen (secondary N) is 1. The highest BCUT2D eigenvalue weighted by Crippen LogP contribution is 2.60. The molecular weight excluding hydrogens is 262 g/mol. The van der Waals surface area contributed by atoms with Crippen molar-refractivity contribution in [3.8, 4) is 0 Å². The zero-order valence-corrected chi connectivity index (χ0v) is 12.3. The van der Waals surface area contributed by atoms with Gasteiger partial charge in [-0.2, -0.15) is 0 Å². The number of carbonyl (C=O) groups is 1. The molecule has 4 heteroatoms. The fourth-order valence-electron chi connectivity index (χ4n) is 5.26. The third-order valence-corrected chi connectivity index (χ3v) is 5.92. The van der Waals surface area contributed by atoms with Crippen LogP contribution in [0.1, 0.15) is 38.5 Å². The van der Waals surface area contributed by atoms with Crippen molar-refractivity contribution in [3.05, 3.63) is 24.4 Å². The van der Waals surface area contributed by atoms with Crippen LogP contribution in [0.25, 0.3) is 0 Å². The Hall–Kier alpha value is -1.42. The van der Waals surface area contributed by atoms with Gasteiger partial charge in [-0.1, -0.05) is 6.07 Å². The number of nitrogens with zero attached hydrogens (tertiary/aromatic N) is 1. The number of carbonyl (C=O) groups excluding carboxylic acids is 1. The standard InChI is InChI=1S/C17H23N3O/c18-14-6-11-5-12-9-17(8-11,10-13(12)7-14)16(21)20-15-3-1-2-4-19-15/h1-4,11-14H,5-10,18H2,(H,19,20,21). The molecule has 1 aromatic rings. The molecule has 112 valence electrons. The Balaban J connectivity index is 1.56. The maximum absolute atomic E-state index is 12.9. The summed E-state index contributed by atoms with van der Waals surface area (Å²) in [6, 6.07) is 5.98. The fourth-order valence-corrected chi connectivity index (χ4v) is 5.26. The van der Waals surface area contributed by atoms with Crippen molar-refractivity contribution < 1.29 is 4.79 Å². The van der Waals surface area contributed by atoms with Crippen LogP contribution in [-0.4, -0.2) is 16.9 Å². The Kier molecular flexibility index (Phi) is 3.03. The third kappa shape index (κ3) is 2.26. The average molecular weight is 285 g/mol. The van der Waals surface area contributed by atoms with Crippen molar-refractivity contribution in [1.82, 2.24) is 4.98 Å². The Morgan fingerprint density at radius 3 is 2.76 bits per heavy atom. The van der Waals surface area contributed by atoms with E-state index in [0.717, 1.165) is 32.1 Å². The zero-order valence-electron chi connectivity index (χ0n) is 12.3. The van der Waals surface area contributed by atoms with Crippen molar-refractivity contribution >= 4 is 11.7 Å². The lowest BCUT2D eigenvalue weighted by Gasteiger charge is -2.37. The van der Waals surface area contributed by atoms with Crippen LogP contribution >= 0.6 is 0 Å². The van der Waals surface area contributed by atoms with Crippen molar-refractivity contribution in [3.63, 3.8) is 0 Å². The van der Waals surface area contributed by atoms with Crippen molar-refractivity contribution in [2.75, 3.05) is 5.32 Å². The molecule has 0 aliphatic heterocycles. The number of fused-ring (bicyclic) bond motifs is 2. The minimum Gasteiger partial charge on any atom is -0.328 e. The Morgan fingerprint density at radius 1 is 1.19 bits per heavy atom. The van der Waals surface area contributed by atoms with Gasteiger partial charge < -0.3 is 11.1 Å². The normalized spacial score (nSPS) is 40.8. The summed E-state index contributed by atoms with van der Waals surface area (Å²) in [5.74, 6) is 2.87. The first-order chi connectivity index (χ1) is 10.1. The van der Waals surface area contributed by atoms with Gasteiger partial charge in [-0.15, -0.1) is 0 Å². The van der Waals surface area contributed by atoms with E-state index < -0.39 is 0 Å². The van der Waals surface area contributed by atoms with Crippen molar-refractivity contribution in [2.24, 2.45) is 28.9 Å². The maximum atomic E-state index is 12.9. The number of amides is 1. The van der Waals surface area contributed by atoms with Crippen molar-refractivity contribution in [2.45, 2.75) is 44.6 Å². The van der Waals surface area contributed by atoms with Gasteiger partial charge in [0.05, 0.1) is 5.41 Å². The molecular formula is C17H23N3O.